The Kier molecular flexibility index (Phi) is 3.50. The van der Waals surface area contributed by atoms with Crippen molar-refractivity contribution in [1.29, 1.82) is 0 Å². The number of nitro groups is 1. The minimum Gasteiger partial charge on any atom is -0.325 e. The van der Waals surface area contributed by atoms with E-state index in [1.165, 1.54) is 12.1 Å². The summed E-state index contributed by atoms with van der Waals surface area (Å²) in [4.78, 5) is 21.9. The number of nitro benzene ring substituents is 1. The second kappa shape index (κ2) is 4.53. The van der Waals surface area contributed by atoms with E-state index in [0.717, 1.165) is 5.56 Å². The van der Waals surface area contributed by atoms with Crippen LogP contribution in [0.25, 0.3) is 0 Å². The molecule has 0 saturated heterocycles. The van der Waals surface area contributed by atoms with E-state index in [1.807, 2.05) is 0 Å². The van der Waals surface area contributed by atoms with Crippen LogP contribution < -0.4 is 5.32 Å². The fourth-order valence-electron chi connectivity index (χ4n) is 1.17. The number of aryl methyl sites for hydroxylation is 1. The van der Waals surface area contributed by atoms with Gasteiger partial charge in [0.15, 0.2) is 0 Å². The van der Waals surface area contributed by atoms with Crippen molar-refractivity contribution in [3.63, 3.8) is 0 Å². The van der Waals surface area contributed by atoms with Gasteiger partial charge in [0.2, 0.25) is 5.91 Å². The SMILES string of the molecule is Cc1ccc([N+](=O)[O-])cc1NC(=O)C(C)(C)C. The normalized spacial score (nSPS) is 11.1. The van der Waals surface area contributed by atoms with Crippen LogP contribution in [0.2, 0.25) is 0 Å². The fraction of sp³-hybridized carbons (Fsp3) is 0.417. The Balaban J connectivity index is 3.02. The minimum absolute atomic E-state index is 0.0280. The van der Waals surface area contributed by atoms with E-state index < -0.39 is 10.3 Å². The molecular weight excluding hydrogens is 220 g/mol. The first-order valence-electron chi connectivity index (χ1n) is 5.28. The second-order valence-electron chi connectivity index (χ2n) is 4.96. The lowest BCUT2D eigenvalue weighted by Crippen LogP contribution is -2.27. The van der Waals surface area contributed by atoms with E-state index in [9.17, 15) is 14.9 Å². The van der Waals surface area contributed by atoms with Crippen molar-refractivity contribution >= 4 is 17.3 Å². The van der Waals surface area contributed by atoms with Crippen LogP contribution >= 0.6 is 0 Å². The lowest BCUT2D eigenvalue weighted by Gasteiger charge is -2.18. The maximum absolute atomic E-state index is 11.8. The van der Waals surface area contributed by atoms with Crippen molar-refractivity contribution in [2.75, 3.05) is 5.32 Å². The number of hydrogen-bond acceptors (Lipinski definition) is 3. The summed E-state index contributed by atoms with van der Waals surface area (Å²) in [5.74, 6) is -0.166. The molecule has 1 aromatic rings. The largest absolute Gasteiger partial charge is 0.325 e. The highest BCUT2D eigenvalue weighted by molar-refractivity contribution is 5.95. The number of non-ortho nitro benzene ring substituents is 1. The molecule has 0 heterocycles. The Bertz CT molecular complexity index is 461. The zero-order valence-corrected chi connectivity index (χ0v) is 10.4. The molecule has 0 spiro atoms. The number of carbonyl (C=O) groups excluding carboxylic acids is 1. The summed E-state index contributed by atoms with van der Waals surface area (Å²) in [7, 11) is 0. The van der Waals surface area contributed by atoms with Gasteiger partial charge in [-0.05, 0) is 12.5 Å². The zero-order chi connectivity index (χ0) is 13.2. The maximum atomic E-state index is 11.8. The summed E-state index contributed by atoms with van der Waals surface area (Å²) in [5, 5.41) is 13.3. The summed E-state index contributed by atoms with van der Waals surface area (Å²) in [6, 6.07) is 4.41. The molecule has 0 aliphatic carbocycles. The van der Waals surface area contributed by atoms with E-state index in [1.54, 1.807) is 33.8 Å². The third-order valence-corrected chi connectivity index (χ3v) is 2.36. The monoisotopic (exact) mass is 236 g/mol. The Hall–Kier alpha value is -1.91. The summed E-state index contributed by atoms with van der Waals surface area (Å²) in [6.07, 6.45) is 0. The molecule has 1 rings (SSSR count). The van der Waals surface area contributed by atoms with Crippen LogP contribution in [0.4, 0.5) is 11.4 Å². The van der Waals surface area contributed by atoms with E-state index in [-0.39, 0.29) is 11.6 Å². The molecule has 0 bridgehead atoms. The molecule has 5 nitrogen and oxygen atoms in total. The molecule has 0 saturated carbocycles. The lowest BCUT2D eigenvalue weighted by atomic mass is 9.95. The number of amides is 1. The van der Waals surface area contributed by atoms with Crippen molar-refractivity contribution in [3.05, 3.63) is 33.9 Å². The highest BCUT2D eigenvalue weighted by Gasteiger charge is 2.22. The molecule has 5 heteroatoms. The molecule has 92 valence electrons. The van der Waals surface area contributed by atoms with Gasteiger partial charge in [0.05, 0.1) is 10.6 Å². The van der Waals surface area contributed by atoms with Crippen LogP contribution in [0.15, 0.2) is 18.2 Å². The van der Waals surface area contributed by atoms with Crippen LogP contribution in [0.5, 0.6) is 0 Å². The predicted octanol–water partition coefficient (Wildman–Crippen LogP) is 2.89. The second-order valence-corrected chi connectivity index (χ2v) is 4.96. The standard InChI is InChI=1S/C12H16N2O3/c1-8-5-6-9(14(16)17)7-10(8)13-11(15)12(2,3)4/h5-7H,1-4H3,(H,13,15). The van der Waals surface area contributed by atoms with Crippen LogP contribution in [-0.2, 0) is 4.79 Å². The van der Waals surface area contributed by atoms with Crippen molar-refractivity contribution < 1.29 is 9.72 Å². The van der Waals surface area contributed by atoms with Gasteiger partial charge in [0.25, 0.3) is 5.69 Å². The predicted molar refractivity (Wildman–Crippen MR) is 65.9 cm³/mol. The first-order chi connectivity index (χ1) is 7.71. The Morgan fingerprint density at radius 2 is 1.94 bits per heavy atom. The number of nitrogens with one attached hydrogen (secondary N) is 1. The number of rotatable bonds is 2. The number of benzene rings is 1. The molecule has 1 aromatic carbocycles. The average molecular weight is 236 g/mol. The summed E-state index contributed by atoms with van der Waals surface area (Å²) >= 11 is 0. The van der Waals surface area contributed by atoms with Crippen LogP contribution in [0, 0.1) is 22.5 Å². The van der Waals surface area contributed by atoms with Crippen LogP contribution in [0.3, 0.4) is 0 Å². The summed E-state index contributed by atoms with van der Waals surface area (Å²) < 4.78 is 0. The van der Waals surface area contributed by atoms with Gasteiger partial charge in [-0.3, -0.25) is 14.9 Å². The fourth-order valence-corrected chi connectivity index (χ4v) is 1.17. The van der Waals surface area contributed by atoms with Gasteiger partial charge in [0.1, 0.15) is 0 Å². The van der Waals surface area contributed by atoms with E-state index in [2.05, 4.69) is 5.32 Å². The zero-order valence-electron chi connectivity index (χ0n) is 10.4. The van der Waals surface area contributed by atoms with Gasteiger partial charge >= 0.3 is 0 Å². The lowest BCUT2D eigenvalue weighted by molar-refractivity contribution is -0.384. The number of nitrogens with zero attached hydrogens (tertiary/aromatic N) is 1. The molecular formula is C12H16N2O3. The van der Waals surface area contributed by atoms with Gasteiger partial charge in [-0.25, -0.2) is 0 Å². The van der Waals surface area contributed by atoms with Crippen molar-refractivity contribution in [2.24, 2.45) is 5.41 Å². The molecule has 0 aliphatic rings. The molecule has 0 atom stereocenters. The van der Waals surface area contributed by atoms with E-state index in [4.69, 9.17) is 0 Å². The molecule has 0 aliphatic heterocycles. The molecule has 1 amide bonds. The van der Waals surface area contributed by atoms with Crippen molar-refractivity contribution in [1.82, 2.24) is 0 Å². The molecule has 0 radical (unpaired) electrons. The van der Waals surface area contributed by atoms with Gasteiger partial charge in [-0.15, -0.1) is 0 Å². The number of carbonyl (C=O) groups is 1. The smallest absolute Gasteiger partial charge is 0.271 e. The van der Waals surface area contributed by atoms with E-state index in [0.29, 0.717) is 5.69 Å². The Labute approximate surface area is 100.0 Å². The Morgan fingerprint density at radius 1 is 1.35 bits per heavy atom. The number of anilines is 1. The quantitative estimate of drug-likeness (QED) is 0.633. The van der Waals surface area contributed by atoms with Gasteiger partial charge in [-0.2, -0.15) is 0 Å². The highest BCUT2D eigenvalue weighted by Crippen LogP contribution is 2.24. The molecule has 0 aromatic heterocycles. The third kappa shape index (κ3) is 3.27. The summed E-state index contributed by atoms with van der Waals surface area (Å²) in [5.41, 5.74) is 0.726. The highest BCUT2D eigenvalue weighted by atomic mass is 16.6. The Morgan fingerprint density at radius 3 is 2.41 bits per heavy atom. The molecule has 0 fully saturated rings. The first kappa shape index (κ1) is 13.2. The van der Waals surface area contributed by atoms with Crippen LogP contribution in [0.1, 0.15) is 26.3 Å². The first-order valence-corrected chi connectivity index (χ1v) is 5.28. The third-order valence-electron chi connectivity index (χ3n) is 2.36. The summed E-state index contributed by atoms with van der Waals surface area (Å²) in [6.45, 7) is 7.15. The average Bonchev–Trinajstić information content (AvgIpc) is 2.19. The van der Waals surface area contributed by atoms with Gasteiger partial charge in [0, 0.05) is 17.5 Å². The molecule has 1 N–H and O–H groups in total. The minimum atomic E-state index is -0.531. The van der Waals surface area contributed by atoms with E-state index >= 15 is 0 Å². The van der Waals surface area contributed by atoms with Crippen LogP contribution in [-0.4, -0.2) is 10.8 Å². The number of hydrogen-bond donors (Lipinski definition) is 1. The topological polar surface area (TPSA) is 72.2 Å². The van der Waals surface area contributed by atoms with Crippen molar-refractivity contribution in [3.8, 4) is 0 Å². The molecule has 17 heavy (non-hydrogen) atoms. The van der Waals surface area contributed by atoms with Crippen molar-refractivity contribution in [2.45, 2.75) is 27.7 Å². The molecule has 0 unspecified atom stereocenters. The van der Waals surface area contributed by atoms with Gasteiger partial charge < -0.3 is 5.32 Å². The maximum Gasteiger partial charge on any atom is 0.271 e. The van der Waals surface area contributed by atoms with Gasteiger partial charge in [-0.1, -0.05) is 26.8 Å².